The standard InChI is InChI=1S/C18H26N4O4/c1-12-3-8-22(14(9-12)18(25)26-2)17(24)13-4-6-21(7-5-13)15-10-16(23)20-11-19-15/h10-14H,3-9H2,1-2H3,(H,19,20,23). The quantitative estimate of drug-likeness (QED) is 0.799. The summed E-state index contributed by atoms with van der Waals surface area (Å²) in [5.41, 5.74) is -0.184. The maximum absolute atomic E-state index is 13.0. The maximum atomic E-state index is 13.0. The third kappa shape index (κ3) is 3.89. The minimum atomic E-state index is -0.469. The van der Waals surface area contributed by atoms with Crippen LogP contribution in [0.4, 0.5) is 5.82 Å². The number of amides is 1. The van der Waals surface area contributed by atoms with Gasteiger partial charge in [0.1, 0.15) is 11.9 Å². The number of hydrogen-bond donors (Lipinski definition) is 1. The van der Waals surface area contributed by atoms with Crippen LogP contribution in [0.25, 0.3) is 0 Å². The molecule has 1 N–H and O–H groups in total. The lowest BCUT2D eigenvalue weighted by atomic mass is 9.89. The largest absolute Gasteiger partial charge is 0.467 e. The average Bonchev–Trinajstić information content (AvgIpc) is 2.67. The van der Waals surface area contributed by atoms with Crippen LogP contribution < -0.4 is 10.5 Å². The predicted molar refractivity (Wildman–Crippen MR) is 95.7 cm³/mol. The number of hydrogen-bond acceptors (Lipinski definition) is 6. The lowest BCUT2D eigenvalue weighted by Gasteiger charge is -2.40. The van der Waals surface area contributed by atoms with E-state index in [9.17, 15) is 14.4 Å². The van der Waals surface area contributed by atoms with Crippen LogP contribution in [0.15, 0.2) is 17.2 Å². The van der Waals surface area contributed by atoms with Gasteiger partial charge in [0.15, 0.2) is 0 Å². The molecule has 2 fully saturated rings. The van der Waals surface area contributed by atoms with Gasteiger partial charge in [-0.15, -0.1) is 0 Å². The Morgan fingerprint density at radius 3 is 2.62 bits per heavy atom. The SMILES string of the molecule is COC(=O)C1CC(C)CCN1C(=O)C1CCN(c2cc(=O)[nH]cn2)CC1. The summed E-state index contributed by atoms with van der Waals surface area (Å²) >= 11 is 0. The molecule has 3 rings (SSSR count). The Hall–Kier alpha value is -2.38. The molecule has 0 radical (unpaired) electrons. The van der Waals surface area contributed by atoms with Crippen LogP contribution >= 0.6 is 0 Å². The van der Waals surface area contributed by atoms with Crippen LogP contribution in [0.5, 0.6) is 0 Å². The highest BCUT2D eigenvalue weighted by Crippen LogP contribution is 2.28. The van der Waals surface area contributed by atoms with E-state index < -0.39 is 6.04 Å². The molecule has 0 saturated carbocycles. The fourth-order valence-corrected chi connectivity index (χ4v) is 3.89. The van der Waals surface area contributed by atoms with Crippen molar-refractivity contribution in [2.24, 2.45) is 11.8 Å². The Balaban J connectivity index is 1.64. The number of carbonyl (C=O) groups excluding carboxylic acids is 2. The van der Waals surface area contributed by atoms with Gasteiger partial charge in [-0.2, -0.15) is 0 Å². The van der Waals surface area contributed by atoms with Crippen molar-refractivity contribution in [1.82, 2.24) is 14.9 Å². The van der Waals surface area contributed by atoms with Crippen LogP contribution in [0.2, 0.25) is 0 Å². The smallest absolute Gasteiger partial charge is 0.328 e. The van der Waals surface area contributed by atoms with E-state index in [0.717, 1.165) is 6.42 Å². The second-order valence-corrected chi connectivity index (χ2v) is 7.23. The summed E-state index contributed by atoms with van der Waals surface area (Å²) in [5.74, 6) is 0.667. The van der Waals surface area contributed by atoms with E-state index in [2.05, 4.69) is 16.9 Å². The van der Waals surface area contributed by atoms with Gasteiger partial charge in [0.05, 0.1) is 13.4 Å². The summed E-state index contributed by atoms with van der Waals surface area (Å²) in [7, 11) is 1.37. The zero-order chi connectivity index (χ0) is 18.7. The van der Waals surface area contributed by atoms with Gasteiger partial charge in [0.25, 0.3) is 5.56 Å². The molecule has 1 amide bonds. The van der Waals surface area contributed by atoms with E-state index in [1.165, 1.54) is 19.5 Å². The summed E-state index contributed by atoms with van der Waals surface area (Å²) < 4.78 is 4.91. The number of rotatable bonds is 3. The van der Waals surface area contributed by atoms with Gasteiger partial charge >= 0.3 is 5.97 Å². The molecule has 2 aliphatic heterocycles. The molecule has 8 heteroatoms. The number of H-pyrrole nitrogens is 1. The van der Waals surface area contributed by atoms with Crippen LogP contribution in [-0.4, -0.2) is 59.5 Å². The fraction of sp³-hybridized carbons (Fsp3) is 0.667. The first kappa shape index (κ1) is 18.4. The van der Waals surface area contributed by atoms with Crippen LogP contribution in [0, 0.1) is 11.8 Å². The molecule has 0 aromatic carbocycles. The molecule has 26 heavy (non-hydrogen) atoms. The van der Waals surface area contributed by atoms with Crippen LogP contribution in [0.1, 0.15) is 32.6 Å². The molecule has 3 heterocycles. The van der Waals surface area contributed by atoms with Crippen LogP contribution in [0.3, 0.4) is 0 Å². The summed E-state index contributed by atoms with van der Waals surface area (Å²) in [5, 5.41) is 0. The topological polar surface area (TPSA) is 95.6 Å². The second kappa shape index (κ2) is 7.88. The number of aromatic nitrogens is 2. The van der Waals surface area contributed by atoms with E-state index in [4.69, 9.17) is 4.74 Å². The molecule has 2 aliphatic rings. The number of methoxy groups -OCH3 is 1. The van der Waals surface area contributed by atoms with Gasteiger partial charge < -0.3 is 19.5 Å². The van der Waals surface area contributed by atoms with E-state index in [1.807, 2.05) is 4.90 Å². The molecule has 8 nitrogen and oxygen atoms in total. The van der Waals surface area contributed by atoms with E-state index >= 15 is 0 Å². The molecule has 0 aliphatic carbocycles. The number of piperidine rings is 2. The Bertz CT molecular complexity index is 711. The average molecular weight is 362 g/mol. The third-order valence-corrected chi connectivity index (χ3v) is 5.45. The van der Waals surface area contributed by atoms with Crippen molar-refractivity contribution in [3.63, 3.8) is 0 Å². The van der Waals surface area contributed by atoms with Gasteiger partial charge in [0, 0.05) is 31.6 Å². The van der Waals surface area contributed by atoms with Crippen molar-refractivity contribution in [1.29, 1.82) is 0 Å². The zero-order valence-corrected chi connectivity index (χ0v) is 15.3. The number of aromatic amines is 1. The van der Waals surface area contributed by atoms with E-state index in [-0.39, 0.29) is 23.4 Å². The number of ether oxygens (including phenoxy) is 1. The minimum Gasteiger partial charge on any atom is -0.467 e. The molecule has 2 saturated heterocycles. The number of nitrogens with zero attached hydrogens (tertiary/aromatic N) is 3. The minimum absolute atomic E-state index is 0.0471. The first-order valence-electron chi connectivity index (χ1n) is 9.17. The number of esters is 1. The lowest BCUT2D eigenvalue weighted by Crippen LogP contribution is -2.53. The van der Waals surface area contributed by atoms with Crippen molar-refractivity contribution in [3.05, 3.63) is 22.7 Å². The summed E-state index contributed by atoms with van der Waals surface area (Å²) in [6.45, 7) is 4.04. The molecular formula is C18H26N4O4. The third-order valence-electron chi connectivity index (χ3n) is 5.45. The van der Waals surface area contributed by atoms with Crippen molar-refractivity contribution < 1.29 is 14.3 Å². The van der Waals surface area contributed by atoms with E-state index in [1.54, 1.807) is 4.90 Å². The fourth-order valence-electron chi connectivity index (χ4n) is 3.89. The van der Waals surface area contributed by atoms with Crippen molar-refractivity contribution in [3.8, 4) is 0 Å². The van der Waals surface area contributed by atoms with Crippen molar-refractivity contribution in [2.75, 3.05) is 31.6 Å². The first-order valence-corrected chi connectivity index (χ1v) is 9.17. The lowest BCUT2D eigenvalue weighted by molar-refractivity contribution is -0.157. The monoisotopic (exact) mass is 362 g/mol. The molecule has 1 aromatic rings. The van der Waals surface area contributed by atoms with Gasteiger partial charge in [-0.25, -0.2) is 9.78 Å². The van der Waals surface area contributed by atoms with Gasteiger partial charge in [-0.05, 0) is 31.6 Å². The Morgan fingerprint density at radius 1 is 1.23 bits per heavy atom. The Kier molecular flexibility index (Phi) is 5.58. The molecule has 0 bridgehead atoms. The second-order valence-electron chi connectivity index (χ2n) is 7.23. The number of carbonyl (C=O) groups is 2. The summed E-state index contributed by atoms with van der Waals surface area (Å²) in [6, 6.07) is 1.00. The Labute approximate surface area is 152 Å². The van der Waals surface area contributed by atoms with Crippen molar-refractivity contribution in [2.45, 2.75) is 38.6 Å². The highest BCUT2D eigenvalue weighted by Gasteiger charge is 2.39. The molecule has 2 atom stereocenters. The van der Waals surface area contributed by atoms with Gasteiger partial charge in [-0.3, -0.25) is 9.59 Å². The molecule has 142 valence electrons. The van der Waals surface area contributed by atoms with E-state index in [0.29, 0.717) is 50.6 Å². The normalized spacial score (nSPS) is 24.4. The maximum Gasteiger partial charge on any atom is 0.328 e. The highest BCUT2D eigenvalue weighted by molar-refractivity contribution is 5.86. The van der Waals surface area contributed by atoms with Crippen molar-refractivity contribution >= 4 is 17.7 Å². The molecule has 0 spiro atoms. The van der Waals surface area contributed by atoms with Crippen LogP contribution in [-0.2, 0) is 14.3 Å². The van der Waals surface area contributed by atoms with Gasteiger partial charge in [0.2, 0.25) is 5.91 Å². The summed E-state index contributed by atoms with van der Waals surface area (Å²) in [4.78, 5) is 47.0. The Morgan fingerprint density at radius 2 is 1.96 bits per heavy atom. The first-order chi connectivity index (χ1) is 12.5. The molecule has 1 aromatic heterocycles. The molecule has 2 unspecified atom stereocenters. The summed E-state index contributed by atoms with van der Waals surface area (Å²) in [6.07, 6.45) is 4.34. The number of nitrogens with one attached hydrogen (secondary N) is 1. The number of anilines is 1. The molecular weight excluding hydrogens is 336 g/mol. The predicted octanol–water partition coefficient (Wildman–Crippen LogP) is 0.786. The zero-order valence-electron chi connectivity index (χ0n) is 15.3. The number of likely N-dealkylation sites (tertiary alicyclic amines) is 1. The van der Waals surface area contributed by atoms with Gasteiger partial charge in [-0.1, -0.05) is 6.92 Å². The highest BCUT2D eigenvalue weighted by atomic mass is 16.5.